The molecular formula is C16H26N2. The van der Waals surface area contributed by atoms with Crippen molar-refractivity contribution < 1.29 is 0 Å². The monoisotopic (exact) mass is 246 g/mol. The Kier molecular flexibility index (Phi) is 4.79. The van der Waals surface area contributed by atoms with Gasteiger partial charge in [-0.25, -0.2) is 0 Å². The summed E-state index contributed by atoms with van der Waals surface area (Å²) in [6.07, 6.45) is 2.55. The van der Waals surface area contributed by atoms with Gasteiger partial charge in [0.2, 0.25) is 0 Å². The van der Waals surface area contributed by atoms with Crippen LogP contribution in [0.5, 0.6) is 0 Å². The van der Waals surface area contributed by atoms with Crippen molar-refractivity contribution in [3.8, 4) is 0 Å². The van der Waals surface area contributed by atoms with Crippen LogP contribution in [0, 0.1) is 12.8 Å². The molecule has 1 aromatic carbocycles. The second kappa shape index (κ2) is 6.35. The lowest BCUT2D eigenvalue weighted by Gasteiger charge is -2.38. The highest BCUT2D eigenvalue weighted by atomic mass is 15.1. The molecule has 1 fully saturated rings. The normalized spacial score (nSPS) is 25.3. The lowest BCUT2D eigenvalue weighted by atomic mass is 9.90. The van der Waals surface area contributed by atoms with Gasteiger partial charge in [-0.2, -0.15) is 0 Å². The Labute approximate surface area is 111 Å². The highest BCUT2D eigenvalue weighted by molar-refractivity contribution is 5.21. The zero-order valence-corrected chi connectivity index (χ0v) is 11.9. The van der Waals surface area contributed by atoms with Crippen LogP contribution in [-0.2, 0) is 6.54 Å². The average molecular weight is 246 g/mol. The summed E-state index contributed by atoms with van der Waals surface area (Å²) in [7, 11) is 2.10. The summed E-state index contributed by atoms with van der Waals surface area (Å²) in [5.41, 5.74) is 2.79. The minimum absolute atomic E-state index is 0.712. The first-order valence-corrected chi connectivity index (χ1v) is 7.18. The molecule has 2 unspecified atom stereocenters. The quantitative estimate of drug-likeness (QED) is 0.879. The van der Waals surface area contributed by atoms with Gasteiger partial charge in [0.25, 0.3) is 0 Å². The van der Waals surface area contributed by atoms with E-state index in [1.54, 1.807) is 0 Å². The number of likely N-dealkylation sites (tertiary alicyclic amines) is 1. The fraction of sp³-hybridized carbons (Fsp3) is 0.625. The van der Waals surface area contributed by atoms with E-state index in [-0.39, 0.29) is 0 Å². The summed E-state index contributed by atoms with van der Waals surface area (Å²) < 4.78 is 0. The van der Waals surface area contributed by atoms with E-state index in [9.17, 15) is 0 Å². The number of hydrogen-bond acceptors (Lipinski definition) is 2. The number of hydrogen-bond donors (Lipinski definition) is 1. The molecule has 1 aliphatic heterocycles. The molecule has 1 aliphatic rings. The minimum atomic E-state index is 0.712. The summed E-state index contributed by atoms with van der Waals surface area (Å²) in [5.74, 6) is 0.800. The van der Waals surface area contributed by atoms with Gasteiger partial charge in [-0.1, -0.05) is 43.2 Å². The van der Waals surface area contributed by atoms with Crippen LogP contribution in [0.15, 0.2) is 24.3 Å². The van der Waals surface area contributed by atoms with Crippen LogP contribution in [0.4, 0.5) is 0 Å². The third kappa shape index (κ3) is 3.33. The second-order valence-corrected chi connectivity index (χ2v) is 5.57. The van der Waals surface area contributed by atoms with Gasteiger partial charge in [0, 0.05) is 19.1 Å². The molecule has 1 saturated heterocycles. The predicted octanol–water partition coefficient (Wildman–Crippen LogP) is 2.81. The largest absolute Gasteiger partial charge is 0.317 e. The van der Waals surface area contributed by atoms with Crippen molar-refractivity contribution in [3.05, 3.63) is 35.4 Å². The van der Waals surface area contributed by atoms with E-state index < -0.39 is 0 Å². The van der Waals surface area contributed by atoms with Crippen LogP contribution >= 0.6 is 0 Å². The van der Waals surface area contributed by atoms with Crippen LogP contribution in [0.3, 0.4) is 0 Å². The van der Waals surface area contributed by atoms with Gasteiger partial charge >= 0.3 is 0 Å². The Morgan fingerprint density at radius 3 is 2.61 bits per heavy atom. The van der Waals surface area contributed by atoms with E-state index in [0.29, 0.717) is 6.04 Å². The zero-order chi connectivity index (χ0) is 13.0. The van der Waals surface area contributed by atoms with Crippen LogP contribution < -0.4 is 5.32 Å². The first-order valence-electron chi connectivity index (χ1n) is 7.18. The molecule has 2 heteroatoms. The molecule has 1 N–H and O–H groups in total. The molecule has 0 amide bonds. The predicted molar refractivity (Wildman–Crippen MR) is 77.7 cm³/mol. The highest BCUT2D eigenvalue weighted by Gasteiger charge is 2.26. The van der Waals surface area contributed by atoms with Crippen LogP contribution in [0.1, 0.15) is 30.9 Å². The molecule has 0 bridgehead atoms. The van der Waals surface area contributed by atoms with Crippen molar-refractivity contribution in [1.82, 2.24) is 10.2 Å². The SMILES string of the molecule is CCC1CN(Cc2ccc(C)cc2)CCC1NC. The maximum absolute atomic E-state index is 3.47. The molecule has 0 aromatic heterocycles. The van der Waals surface area contributed by atoms with Crippen molar-refractivity contribution >= 4 is 0 Å². The molecule has 0 saturated carbocycles. The van der Waals surface area contributed by atoms with Gasteiger partial charge in [0.05, 0.1) is 0 Å². The third-order valence-electron chi connectivity index (χ3n) is 4.24. The van der Waals surface area contributed by atoms with E-state index in [1.165, 1.54) is 37.1 Å². The maximum Gasteiger partial charge on any atom is 0.0233 e. The fourth-order valence-electron chi connectivity index (χ4n) is 3.00. The van der Waals surface area contributed by atoms with Crippen molar-refractivity contribution in [2.45, 2.75) is 39.3 Å². The molecule has 1 heterocycles. The molecule has 1 aromatic rings. The van der Waals surface area contributed by atoms with Crippen molar-refractivity contribution in [3.63, 3.8) is 0 Å². The standard InChI is InChI=1S/C16H26N2/c1-4-15-12-18(10-9-16(15)17-3)11-14-7-5-13(2)6-8-14/h5-8,15-17H,4,9-12H2,1-3H3. The second-order valence-electron chi connectivity index (χ2n) is 5.57. The van der Waals surface area contributed by atoms with E-state index >= 15 is 0 Å². The number of benzene rings is 1. The number of aryl methyl sites for hydroxylation is 1. The molecule has 2 atom stereocenters. The van der Waals surface area contributed by atoms with E-state index in [2.05, 4.69) is 55.4 Å². The van der Waals surface area contributed by atoms with E-state index in [0.717, 1.165) is 12.5 Å². The van der Waals surface area contributed by atoms with Gasteiger partial charge < -0.3 is 5.32 Å². The summed E-state index contributed by atoms with van der Waals surface area (Å²) in [6.45, 7) is 8.01. The maximum atomic E-state index is 3.47. The number of nitrogens with zero attached hydrogens (tertiary/aromatic N) is 1. The van der Waals surface area contributed by atoms with Gasteiger partial charge in [-0.15, -0.1) is 0 Å². The smallest absolute Gasteiger partial charge is 0.0233 e. The highest BCUT2D eigenvalue weighted by Crippen LogP contribution is 2.21. The van der Waals surface area contributed by atoms with Gasteiger partial charge in [0.1, 0.15) is 0 Å². The summed E-state index contributed by atoms with van der Waals surface area (Å²) in [5, 5.41) is 3.47. The average Bonchev–Trinajstić information content (AvgIpc) is 2.41. The van der Waals surface area contributed by atoms with Crippen LogP contribution in [0.2, 0.25) is 0 Å². The van der Waals surface area contributed by atoms with E-state index in [1.807, 2.05) is 0 Å². The Morgan fingerprint density at radius 2 is 2.00 bits per heavy atom. The third-order valence-corrected chi connectivity index (χ3v) is 4.24. The summed E-state index contributed by atoms with van der Waals surface area (Å²) in [4.78, 5) is 2.60. The molecule has 0 aliphatic carbocycles. The Morgan fingerprint density at radius 1 is 1.28 bits per heavy atom. The first-order chi connectivity index (χ1) is 8.72. The Balaban J connectivity index is 1.93. The lowest BCUT2D eigenvalue weighted by molar-refractivity contribution is 0.132. The first kappa shape index (κ1) is 13.6. The Bertz CT molecular complexity index is 358. The van der Waals surface area contributed by atoms with Gasteiger partial charge in [-0.3, -0.25) is 4.90 Å². The molecule has 2 rings (SSSR count). The van der Waals surface area contributed by atoms with Gasteiger partial charge in [0.15, 0.2) is 0 Å². The molecule has 100 valence electrons. The van der Waals surface area contributed by atoms with Gasteiger partial charge in [-0.05, 0) is 38.4 Å². The fourth-order valence-corrected chi connectivity index (χ4v) is 3.00. The number of nitrogens with one attached hydrogen (secondary N) is 1. The van der Waals surface area contributed by atoms with Crippen molar-refractivity contribution in [2.24, 2.45) is 5.92 Å². The minimum Gasteiger partial charge on any atom is -0.317 e. The van der Waals surface area contributed by atoms with Crippen molar-refractivity contribution in [1.29, 1.82) is 0 Å². The molecular weight excluding hydrogens is 220 g/mol. The summed E-state index contributed by atoms with van der Waals surface area (Å²) in [6, 6.07) is 9.67. The van der Waals surface area contributed by atoms with Crippen molar-refractivity contribution in [2.75, 3.05) is 20.1 Å². The Hall–Kier alpha value is -0.860. The van der Waals surface area contributed by atoms with Crippen LogP contribution in [-0.4, -0.2) is 31.1 Å². The zero-order valence-electron chi connectivity index (χ0n) is 11.9. The summed E-state index contributed by atoms with van der Waals surface area (Å²) >= 11 is 0. The van der Waals surface area contributed by atoms with E-state index in [4.69, 9.17) is 0 Å². The molecule has 18 heavy (non-hydrogen) atoms. The lowest BCUT2D eigenvalue weighted by Crippen LogP contribution is -2.47. The molecule has 0 spiro atoms. The van der Waals surface area contributed by atoms with Crippen LogP contribution in [0.25, 0.3) is 0 Å². The topological polar surface area (TPSA) is 15.3 Å². The molecule has 2 nitrogen and oxygen atoms in total. The number of rotatable bonds is 4. The molecule has 0 radical (unpaired) electrons. The number of piperidine rings is 1.